The molecule has 2 amide bonds. The first-order valence-corrected chi connectivity index (χ1v) is 7.82. The molecule has 0 heterocycles. The van der Waals surface area contributed by atoms with E-state index in [0.717, 1.165) is 12.1 Å². The summed E-state index contributed by atoms with van der Waals surface area (Å²) in [5.74, 6) is -0.475. The largest absolute Gasteiger partial charge is 0.416 e. The Morgan fingerprint density at radius 2 is 1.68 bits per heavy atom. The van der Waals surface area contributed by atoms with E-state index in [1.807, 2.05) is 0 Å². The summed E-state index contributed by atoms with van der Waals surface area (Å²) in [5, 5.41) is 4.72. The summed E-state index contributed by atoms with van der Waals surface area (Å²) in [5.41, 5.74) is -0.505. The van der Waals surface area contributed by atoms with Crippen molar-refractivity contribution in [3.8, 4) is 0 Å². The Morgan fingerprint density at radius 3 is 2.24 bits per heavy atom. The molecule has 0 aliphatic heterocycles. The quantitative estimate of drug-likeness (QED) is 0.520. The van der Waals surface area contributed by atoms with Gasteiger partial charge in [0.05, 0.1) is 11.6 Å². The average molecular weight is 395 g/mol. The number of halogens is 6. The van der Waals surface area contributed by atoms with Crippen molar-refractivity contribution in [1.29, 1.82) is 0 Å². The predicted octanol–water partition coefficient (Wildman–Crippen LogP) is 5.51. The molecule has 9 heteroatoms. The van der Waals surface area contributed by atoms with E-state index in [1.165, 1.54) is 36.4 Å². The summed E-state index contributed by atoms with van der Waals surface area (Å²) < 4.78 is 51.0. The number of hydrogen-bond acceptors (Lipinski definition) is 1. The summed E-state index contributed by atoms with van der Waals surface area (Å²) >= 11 is 11.7. The maximum atomic E-state index is 13.0. The second-order valence-corrected chi connectivity index (χ2v) is 6.20. The van der Waals surface area contributed by atoms with E-state index in [-0.39, 0.29) is 5.69 Å². The number of alkyl halides is 5. The first kappa shape index (κ1) is 19.3. The standard InChI is InChI=1S/C16H12Cl2F4N2O/c17-14(18)13(9-4-6-11(19)7-5-9)24-15(25)23-12-3-1-2-10(8-12)16(20,21)22/h1-8,13-14H,(H2,23,24,25). The molecular formula is C16H12Cl2F4N2O. The van der Waals surface area contributed by atoms with Crippen LogP contribution in [0.1, 0.15) is 17.2 Å². The number of nitrogens with one attached hydrogen (secondary N) is 2. The van der Waals surface area contributed by atoms with E-state index in [9.17, 15) is 22.4 Å². The lowest BCUT2D eigenvalue weighted by Gasteiger charge is -2.20. The zero-order valence-electron chi connectivity index (χ0n) is 12.4. The van der Waals surface area contributed by atoms with Gasteiger partial charge in [-0.05, 0) is 35.9 Å². The van der Waals surface area contributed by atoms with Gasteiger partial charge < -0.3 is 10.6 Å². The molecule has 0 aliphatic carbocycles. The van der Waals surface area contributed by atoms with Crippen molar-refractivity contribution in [2.45, 2.75) is 17.1 Å². The van der Waals surface area contributed by atoms with E-state index in [2.05, 4.69) is 10.6 Å². The molecule has 0 spiro atoms. The highest BCUT2D eigenvalue weighted by Gasteiger charge is 2.30. The highest BCUT2D eigenvalue weighted by Crippen LogP contribution is 2.31. The monoisotopic (exact) mass is 394 g/mol. The Bertz CT molecular complexity index is 736. The van der Waals surface area contributed by atoms with Crippen LogP contribution in [0.5, 0.6) is 0 Å². The molecule has 0 radical (unpaired) electrons. The van der Waals surface area contributed by atoms with E-state index in [4.69, 9.17) is 23.2 Å². The van der Waals surface area contributed by atoms with Gasteiger partial charge in [0, 0.05) is 5.69 Å². The van der Waals surface area contributed by atoms with Crippen LogP contribution in [-0.4, -0.2) is 10.9 Å². The third-order valence-corrected chi connectivity index (χ3v) is 3.72. The molecule has 1 atom stereocenters. The van der Waals surface area contributed by atoms with Gasteiger partial charge in [0.15, 0.2) is 0 Å². The van der Waals surface area contributed by atoms with Crippen molar-refractivity contribution in [2.24, 2.45) is 0 Å². The molecule has 25 heavy (non-hydrogen) atoms. The van der Waals surface area contributed by atoms with Crippen molar-refractivity contribution in [2.75, 3.05) is 5.32 Å². The normalized spacial score (nSPS) is 12.8. The van der Waals surface area contributed by atoms with Gasteiger partial charge in [-0.1, -0.05) is 18.2 Å². The van der Waals surface area contributed by atoms with Crippen LogP contribution in [0.2, 0.25) is 0 Å². The Morgan fingerprint density at radius 1 is 1.04 bits per heavy atom. The minimum absolute atomic E-state index is 0.0501. The van der Waals surface area contributed by atoms with Gasteiger partial charge in [0.1, 0.15) is 10.7 Å². The second kappa shape index (κ2) is 7.93. The minimum Gasteiger partial charge on any atom is -0.328 e. The fourth-order valence-corrected chi connectivity index (χ4v) is 2.46. The Hall–Kier alpha value is -1.99. The molecule has 1 unspecified atom stereocenters. The molecule has 0 fully saturated rings. The minimum atomic E-state index is -4.53. The van der Waals surface area contributed by atoms with Crippen molar-refractivity contribution in [3.63, 3.8) is 0 Å². The number of anilines is 1. The first-order chi connectivity index (χ1) is 11.7. The number of urea groups is 1. The van der Waals surface area contributed by atoms with Gasteiger partial charge in [0.2, 0.25) is 0 Å². The van der Waals surface area contributed by atoms with Crippen LogP contribution in [0.3, 0.4) is 0 Å². The van der Waals surface area contributed by atoms with Gasteiger partial charge in [0.25, 0.3) is 0 Å². The SMILES string of the molecule is O=C(Nc1cccc(C(F)(F)F)c1)NC(c1ccc(F)cc1)C(Cl)Cl. The fraction of sp³-hybridized carbons (Fsp3) is 0.188. The smallest absolute Gasteiger partial charge is 0.328 e. The number of amides is 2. The predicted molar refractivity (Wildman–Crippen MR) is 88.2 cm³/mol. The van der Waals surface area contributed by atoms with Gasteiger partial charge in [-0.25, -0.2) is 9.18 Å². The zero-order chi connectivity index (χ0) is 18.6. The molecule has 0 bridgehead atoms. The molecule has 0 saturated carbocycles. The Kier molecular flexibility index (Phi) is 6.13. The number of hydrogen-bond donors (Lipinski definition) is 2. The number of rotatable bonds is 4. The fourth-order valence-electron chi connectivity index (χ4n) is 2.04. The summed E-state index contributed by atoms with van der Waals surface area (Å²) in [4.78, 5) is 11.0. The van der Waals surface area contributed by atoms with Gasteiger partial charge >= 0.3 is 12.2 Å². The van der Waals surface area contributed by atoms with Crippen molar-refractivity contribution in [1.82, 2.24) is 5.32 Å². The highest BCUT2D eigenvalue weighted by atomic mass is 35.5. The third-order valence-electron chi connectivity index (χ3n) is 3.22. The molecule has 0 aromatic heterocycles. The molecule has 0 aliphatic rings. The first-order valence-electron chi connectivity index (χ1n) is 6.95. The van der Waals surface area contributed by atoms with Gasteiger partial charge in [-0.3, -0.25) is 0 Å². The second-order valence-electron chi connectivity index (χ2n) is 5.04. The maximum Gasteiger partial charge on any atom is 0.416 e. The summed E-state index contributed by atoms with van der Waals surface area (Å²) in [6, 6.07) is 7.60. The number of benzene rings is 2. The van der Waals surface area contributed by atoms with Crippen molar-refractivity contribution >= 4 is 34.9 Å². The summed E-state index contributed by atoms with van der Waals surface area (Å²) in [7, 11) is 0. The highest BCUT2D eigenvalue weighted by molar-refractivity contribution is 6.44. The third kappa shape index (κ3) is 5.51. The molecular weight excluding hydrogens is 383 g/mol. The lowest BCUT2D eigenvalue weighted by Crippen LogP contribution is -2.35. The van der Waals surface area contributed by atoms with Crippen LogP contribution in [0.25, 0.3) is 0 Å². The molecule has 3 nitrogen and oxygen atoms in total. The van der Waals surface area contributed by atoms with E-state index >= 15 is 0 Å². The van der Waals surface area contributed by atoms with E-state index in [1.54, 1.807) is 0 Å². The lowest BCUT2D eigenvalue weighted by atomic mass is 10.1. The maximum absolute atomic E-state index is 13.0. The average Bonchev–Trinajstić information content (AvgIpc) is 2.53. The molecule has 0 saturated heterocycles. The van der Waals surface area contributed by atoms with Crippen LogP contribution in [0.4, 0.5) is 28.0 Å². The van der Waals surface area contributed by atoms with E-state index < -0.39 is 34.5 Å². The van der Waals surface area contributed by atoms with E-state index in [0.29, 0.717) is 5.56 Å². The van der Waals surface area contributed by atoms with Crippen molar-refractivity contribution in [3.05, 3.63) is 65.5 Å². The van der Waals surface area contributed by atoms with Gasteiger partial charge in [-0.2, -0.15) is 13.2 Å². The topological polar surface area (TPSA) is 41.1 Å². The van der Waals surface area contributed by atoms with Crippen LogP contribution in [0, 0.1) is 5.82 Å². The lowest BCUT2D eigenvalue weighted by molar-refractivity contribution is -0.137. The summed E-state index contributed by atoms with van der Waals surface area (Å²) in [6.45, 7) is 0. The molecule has 2 aromatic rings. The van der Waals surface area contributed by atoms with Crippen molar-refractivity contribution < 1.29 is 22.4 Å². The Balaban J connectivity index is 2.11. The molecule has 2 aromatic carbocycles. The Labute approximate surface area is 150 Å². The zero-order valence-corrected chi connectivity index (χ0v) is 14.0. The number of carbonyl (C=O) groups excluding carboxylic acids is 1. The van der Waals surface area contributed by atoms with Gasteiger partial charge in [-0.15, -0.1) is 23.2 Å². The van der Waals surface area contributed by atoms with Crippen LogP contribution in [-0.2, 0) is 6.18 Å². The number of carbonyl (C=O) groups is 1. The van der Waals surface area contributed by atoms with Crippen LogP contribution in [0.15, 0.2) is 48.5 Å². The molecule has 2 rings (SSSR count). The molecule has 2 N–H and O–H groups in total. The van der Waals surface area contributed by atoms with Crippen LogP contribution < -0.4 is 10.6 Å². The van der Waals surface area contributed by atoms with Crippen LogP contribution >= 0.6 is 23.2 Å². The molecule has 134 valence electrons. The summed E-state index contributed by atoms with van der Waals surface area (Å²) in [6.07, 6.45) is -4.53.